The Hall–Kier alpha value is -1.86. The number of carbonyl (C=O) groups is 2. The van der Waals surface area contributed by atoms with E-state index in [2.05, 4.69) is 26.6 Å². The van der Waals surface area contributed by atoms with Crippen molar-refractivity contribution in [1.82, 2.24) is 5.32 Å². The van der Waals surface area contributed by atoms with E-state index in [1.54, 1.807) is 30.3 Å². The van der Waals surface area contributed by atoms with Gasteiger partial charge >= 0.3 is 0 Å². The maximum atomic E-state index is 11.7. The first-order chi connectivity index (χ1) is 9.56. The highest BCUT2D eigenvalue weighted by molar-refractivity contribution is 9.11. The molecule has 2 aromatic rings. The highest BCUT2D eigenvalue weighted by Crippen LogP contribution is 2.22. The van der Waals surface area contributed by atoms with E-state index in [9.17, 15) is 14.7 Å². The number of phenolic OH excluding ortho intramolecular Hbond substituents is 1. The minimum Gasteiger partial charge on any atom is -0.506 e. The molecule has 1 aromatic heterocycles. The summed E-state index contributed by atoms with van der Waals surface area (Å²) in [5.41, 5.74) is 0.311. The third kappa shape index (κ3) is 3.82. The van der Waals surface area contributed by atoms with Crippen molar-refractivity contribution in [3.8, 4) is 5.75 Å². The van der Waals surface area contributed by atoms with E-state index in [1.165, 1.54) is 17.4 Å². The van der Waals surface area contributed by atoms with Gasteiger partial charge in [-0.2, -0.15) is 0 Å². The molecule has 3 N–H and O–H groups in total. The van der Waals surface area contributed by atoms with Crippen molar-refractivity contribution >= 4 is 44.8 Å². The Bertz CT molecular complexity index is 642. The molecule has 0 atom stereocenters. The topological polar surface area (TPSA) is 78.4 Å². The van der Waals surface area contributed by atoms with Crippen molar-refractivity contribution in [2.45, 2.75) is 0 Å². The number of aromatic hydroxyl groups is 1. The Labute approximate surface area is 127 Å². The number of para-hydroxylation sites is 2. The normalized spacial score (nSPS) is 10.1. The first-order valence-corrected chi connectivity index (χ1v) is 7.28. The maximum absolute atomic E-state index is 11.7. The van der Waals surface area contributed by atoms with Crippen molar-refractivity contribution < 1.29 is 14.7 Å². The number of thiophene rings is 1. The smallest absolute Gasteiger partial charge is 0.261 e. The number of hydrogen-bond donors (Lipinski definition) is 3. The van der Waals surface area contributed by atoms with Crippen LogP contribution in [0.2, 0.25) is 0 Å². The van der Waals surface area contributed by atoms with Gasteiger partial charge in [0, 0.05) is 0 Å². The molecule has 0 spiro atoms. The van der Waals surface area contributed by atoms with Crippen LogP contribution < -0.4 is 10.6 Å². The second kappa shape index (κ2) is 6.53. The predicted molar refractivity (Wildman–Crippen MR) is 81.1 cm³/mol. The van der Waals surface area contributed by atoms with Gasteiger partial charge in [-0.3, -0.25) is 9.59 Å². The molecule has 20 heavy (non-hydrogen) atoms. The van der Waals surface area contributed by atoms with Crippen molar-refractivity contribution in [1.29, 1.82) is 0 Å². The number of rotatable bonds is 4. The van der Waals surface area contributed by atoms with E-state index in [4.69, 9.17) is 0 Å². The molecule has 5 nitrogen and oxygen atoms in total. The van der Waals surface area contributed by atoms with Crippen molar-refractivity contribution in [3.63, 3.8) is 0 Å². The summed E-state index contributed by atoms with van der Waals surface area (Å²) in [6.45, 7) is -0.164. The van der Waals surface area contributed by atoms with E-state index in [0.29, 0.717) is 10.6 Å². The number of hydrogen-bond acceptors (Lipinski definition) is 4. The molecule has 7 heteroatoms. The summed E-state index contributed by atoms with van der Waals surface area (Å²) in [7, 11) is 0. The number of nitrogens with one attached hydrogen (secondary N) is 2. The third-order valence-electron chi connectivity index (χ3n) is 2.38. The van der Waals surface area contributed by atoms with Crippen LogP contribution in [-0.2, 0) is 4.79 Å². The van der Waals surface area contributed by atoms with Crippen LogP contribution in [0.1, 0.15) is 9.67 Å². The van der Waals surface area contributed by atoms with Crippen molar-refractivity contribution in [3.05, 3.63) is 45.1 Å². The Morgan fingerprint density at radius 3 is 2.60 bits per heavy atom. The number of amides is 2. The van der Waals surface area contributed by atoms with Gasteiger partial charge < -0.3 is 15.7 Å². The minimum absolute atomic E-state index is 0.0191. The SMILES string of the molecule is O=C(CNC(=O)c1ccc(Br)s1)Nc1ccccc1O. The molecule has 2 amide bonds. The van der Waals surface area contributed by atoms with Crippen molar-refractivity contribution in [2.75, 3.05) is 11.9 Å². The predicted octanol–water partition coefficient (Wildman–Crippen LogP) is 2.58. The van der Waals surface area contributed by atoms with Gasteiger partial charge in [-0.1, -0.05) is 12.1 Å². The summed E-state index contributed by atoms with van der Waals surface area (Å²) in [5, 5.41) is 14.5. The molecule has 0 radical (unpaired) electrons. The van der Waals surface area contributed by atoms with Crippen LogP contribution in [-0.4, -0.2) is 23.5 Å². The standard InChI is InChI=1S/C13H11BrN2O3S/c14-11-6-5-10(20-11)13(19)15-7-12(18)16-8-3-1-2-4-9(8)17/h1-6,17H,7H2,(H,15,19)(H,16,18). The number of phenols is 1. The second-order valence-corrected chi connectivity index (χ2v) is 6.31. The molecule has 0 aliphatic heterocycles. The molecule has 2 rings (SSSR count). The molecule has 0 fully saturated rings. The molecule has 0 aliphatic rings. The molecule has 104 valence electrons. The van der Waals surface area contributed by atoms with E-state index in [1.807, 2.05) is 0 Å². The molecule has 0 saturated heterocycles. The van der Waals surface area contributed by atoms with Gasteiger partial charge in [-0.05, 0) is 40.2 Å². The third-order valence-corrected chi connectivity index (χ3v) is 4.01. The van der Waals surface area contributed by atoms with Crippen LogP contribution in [0, 0.1) is 0 Å². The van der Waals surface area contributed by atoms with Crippen molar-refractivity contribution in [2.24, 2.45) is 0 Å². The monoisotopic (exact) mass is 354 g/mol. The van der Waals surface area contributed by atoms with E-state index in [-0.39, 0.29) is 18.2 Å². The zero-order valence-electron chi connectivity index (χ0n) is 10.2. The number of carbonyl (C=O) groups excluding carboxylic acids is 2. The largest absolute Gasteiger partial charge is 0.506 e. The zero-order chi connectivity index (χ0) is 14.5. The summed E-state index contributed by atoms with van der Waals surface area (Å²) < 4.78 is 0.848. The summed E-state index contributed by atoms with van der Waals surface area (Å²) in [4.78, 5) is 23.9. The molecule has 0 unspecified atom stereocenters. The van der Waals surface area contributed by atoms with Gasteiger partial charge in [0.05, 0.1) is 20.9 Å². The van der Waals surface area contributed by atoms with Crippen LogP contribution in [0.5, 0.6) is 5.75 Å². The molecule has 0 bridgehead atoms. The van der Waals surface area contributed by atoms with Crippen LogP contribution in [0.25, 0.3) is 0 Å². The fourth-order valence-corrected chi connectivity index (χ4v) is 2.76. The Morgan fingerprint density at radius 1 is 1.20 bits per heavy atom. The fourth-order valence-electron chi connectivity index (χ4n) is 1.46. The summed E-state index contributed by atoms with van der Waals surface area (Å²) in [6, 6.07) is 9.83. The van der Waals surface area contributed by atoms with Crippen LogP contribution in [0.15, 0.2) is 40.2 Å². The van der Waals surface area contributed by atoms with Gasteiger partial charge in [0.25, 0.3) is 5.91 Å². The lowest BCUT2D eigenvalue weighted by Crippen LogP contribution is -2.32. The quantitative estimate of drug-likeness (QED) is 0.738. The minimum atomic E-state index is -0.407. The average molecular weight is 355 g/mol. The summed E-state index contributed by atoms with van der Waals surface area (Å²) >= 11 is 4.55. The molecule has 1 aromatic carbocycles. The first-order valence-electron chi connectivity index (χ1n) is 5.67. The van der Waals surface area contributed by atoms with E-state index in [0.717, 1.165) is 3.79 Å². The van der Waals surface area contributed by atoms with Gasteiger partial charge in [0.15, 0.2) is 0 Å². The van der Waals surface area contributed by atoms with Gasteiger partial charge in [0.2, 0.25) is 5.91 Å². The Morgan fingerprint density at radius 2 is 1.95 bits per heavy atom. The molecule has 0 aliphatic carbocycles. The summed E-state index contributed by atoms with van der Waals surface area (Å²) in [5.74, 6) is -0.738. The molecule has 1 heterocycles. The average Bonchev–Trinajstić information content (AvgIpc) is 2.85. The van der Waals surface area contributed by atoms with Gasteiger partial charge in [0.1, 0.15) is 5.75 Å². The second-order valence-electron chi connectivity index (χ2n) is 3.85. The number of halogens is 1. The van der Waals surface area contributed by atoms with E-state index < -0.39 is 5.91 Å². The Kier molecular flexibility index (Phi) is 4.75. The van der Waals surface area contributed by atoms with Gasteiger partial charge in [-0.25, -0.2) is 0 Å². The number of benzene rings is 1. The highest BCUT2D eigenvalue weighted by atomic mass is 79.9. The van der Waals surface area contributed by atoms with E-state index >= 15 is 0 Å². The maximum Gasteiger partial charge on any atom is 0.261 e. The zero-order valence-corrected chi connectivity index (χ0v) is 12.6. The van der Waals surface area contributed by atoms with Gasteiger partial charge in [-0.15, -0.1) is 11.3 Å². The van der Waals surface area contributed by atoms with Crippen LogP contribution >= 0.6 is 27.3 Å². The lowest BCUT2D eigenvalue weighted by atomic mass is 10.3. The summed E-state index contributed by atoms with van der Waals surface area (Å²) in [6.07, 6.45) is 0. The number of anilines is 1. The first kappa shape index (κ1) is 14.5. The molecular formula is C13H11BrN2O3S. The lowest BCUT2D eigenvalue weighted by Gasteiger charge is -2.07. The Balaban J connectivity index is 1.87. The van der Waals surface area contributed by atoms with Crippen LogP contribution in [0.3, 0.4) is 0 Å². The molecular weight excluding hydrogens is 344 g/mol. The highest BCUT2D eigenvalue weighted by Gasteiger charge is 2.11. The lowest BCUT2D eigenvalue weighted by molar-refractivity contribution is -0.115. The molecule has 0 saturated carbocycles. The van der Waals surface area contributed by atoms with Crippen LogP contribution in [0.4, 0.5) is 5.69 Å². The fraction of sp³-hybridized carbons (Fsp3) is 0.0769.